The first kappa shape index (κ1) is 26.0. The largest absolute Gasteiger partial charge is 0.381 e. The van der Waals surface area contributed by atoms with Gasteiger partial charge in [0.1, 0.15) is 0 Å². The van der Waals surface area contributed by atoms with Crippen LogP contribution in [0.4, 0.5) is 0 Å². The summed E-state index contributed by atoms with van der Waals surface area (Å²) in [6.07, 6.45) is 17.1. The maximum absolute atomic E-state index is 6.14. The van der Waals surface area contributed by atoms with Gasteiger partial charge in [0.05, 0.1) is 11.7 Å². The summed E-state index contributed by atoms with van der Waals surface area (Å²) in [5, 5.41) is 0. The quantitative estimate of drug-likeness (QED) is 0.361. The second-order valence-electron chi connectivity index (χ2n) is 13.9. The second kappa shape index (κ2) is 9.76. The molecule has 0 amide bonds. The van der Waals surface area contributed by atoms with Gasteiger partial charge in [0.25, 0.3) is 0 Å². The fourth-order valence-corrected chi connectivity index (χ4v) is 10.3. The first-order chi connectivity index (χ1) is 15.6. The van der Waals surface area contributed by atoms with E-state index in [1.54, 1.807) is 0 Å². The van der Waals surface area contributed by atoms with Crippen LogP contribution in [0, 0.1) is 52.3 Å². The number of ether oxygens (including phenoxy) is 2. The first-order valence-electron chi connectivity index (χ1n) is 14.7. The van der Waals surface area contributed by atoms with Crippen molar-refractivity contribution in [2.45, 2.75) is 130 Å². The van der Waals surface area contributed by atoms with Crippen molar-refractivity contribution in [2.24, 2.45) is 52.3 Å². The minimum atomic E-state index is 0.171. The van der Waals surface area contributed by atoms with Gasteiger partial charge in [-0.2, -0.15) is 0 Å². The Morgan fingerprint density at radius 1 is 0.818 bits per heavy atom. The van der Waals surface area contributed by atoms with E-state index in [-0.39, 0.29) is 5.60 Å². The molecule has 0 N–H and O–H groups in total. The van der Waals surface area contributed by atoms with Crippen LogP contribution < -0.4 is 0 Å². The van der Waals surface area contributed by atoms with Crippen molar-refractivity contribution in [3.8, 4) is 0 Å². The zero-order valence-electron chi connectivity index (χ0n) is 23.4. The molecule has 0 bridgehead atoms. The summed E-state index contributed by atoms with van der Waals surface area (Å²) in [5.41, 5.74) is 1.32. The molecular formula is C31H56O2. The highest BCUT2D eigenvalue weighted by atomic mass is 16.5. The summed E-state index contributed by atoms with van der Waals surface area (Å²) in [6.45, 7) is 15.0. The van der Waals surface area contributed by atoms with E-state index < -0.39 is 0 Å². The van der Waals surface area contributed by atoms with Crippen LogP contribution in [0.5, 0.6) is 0 Å². The standard InChI is InChI=1S/C31H56O2/c1-9-31(33-8)19-18-29(5)23(20-31)11-12-24-26-14-13-25(30(26,6)17-16-27(24)29)22(4)10-15-28(32-7)21(2)3/h21-28H,9-20H2,1-8H3/t22-,23+,24+,25-,26+,27+,28-,29+,30-,31+/m1/s1. The van der Waals surface area contributed by atoms with Crippen LogP contribution in [-0.2, 0) is 9.47 Å². The molecule has 4 aliphatic rings. The number of fused-ring (bicyclic) bond motifs is 5. The molecule has 0 spiro atoms. The van der Waals surface area contributed by atoms with Gasteiger partial charge in [-0.05, 0) is 129 Å². The zero-order chi connectivity index (χ0) is 24.0. The number of rotatable bonds is 8. The number of hydrogen-bond acceptors (Lipinski definition) is 2. The molecule has 0 heterocycles. The van der Waals surface area contributed by atoms with Crippen LogP contribution in [0.3, 0.4) is 0 Å². The molecule has 4 saturated carbocycles. The van der Waals surface area contributed by atoms with Crippen LogP contribution in [-0.4, -0.2) is 25.9 Å². The van der Waals surface area contributed by atoms with Crippen molar-refractivity contribution in [1.82, 2.24) is 0 Å². The summed E-state index contributed by atoms with van der Waals surface area (Å²) >= 11 is 0. The highest BCUT2D eigenvalue weighted by Crippen LogP contribution is 2.69. The highest BCUT2D eigenvalue weighted by Gasteiger charge is 2.61. The van der Waals surface area contributed by atoms with Crippen LogP contribution in [0.2, 0.25) is 0 Å². The third kappa shape index (κ3) is 4.36. The monoisotopic (exact) mass is 460 g/mol. The average Bonchev–Trinajstić information content (AvgIpc) is 3.16. The van der Waals surface area contributed by atoms with Gasteiger partial charge >= 0.3 is 0 Å². The molecule has 0 aliphatic heterocycles. The minimum absolute atomic E-state index is 0.171. The normalized spacial score (nSPS) is 47.0. The van der Waals surface area contributed by atoms with Gasteiger partial charge in [0, 0.05) is 14.2 Å². The van der Waals surface area contributed by atoms with Gasteiger partial charge in [-0.1, -0.05) is 41.5 Å². The molecule has 0 unspecified atom stereocenters. The molecule has 4 fully saturated rings. The molecule has 0 saturated heterocycles. The fourth-order valence-electron chi connectivity index (χ4n) is 10.3. The Kier molecular flexibility index (Phi) is 7.69. The lowest BCUT2D eigenvalue weighted by Crippen LogP contribution is -2.56. The number of hydrogen-bond donors (Lipinski definition) is 0. The molecule has 2 heteroatoms. The van der Waals surface area contributed by atoms with Crippen molar-refractivity contribution >= 4 is 0 Å². The summed E-state index contributed by atoms with van der Waals surface area (Å²) < 4.78 is 11.9. The first-order valence-corrected chi connectivity index (χ1v) is 14.7. The summed E-state index contributed by atoms with van der Waals surface area (Å²) in [4.78, 5) is 0. The van der Waals surface area contributed by atoms with E-state index in [0.29, 0.717) is 22.9 Å². The van der Waals surface area contributed by atoms with Gasteiger partial charge in [0.2, 0.25) is 0 Å². The van der Waals surface area contributed by atoms with E-state index in [1.807, 2.05) is 14.2 Å². The number of methoxy groups -OCH3 is 2. The van der Waals surface area contributed by atoms with E-state index in [2.05, 4.69) is 41.5 Å². The zero-order valence-corrected chi connectivity index (χ0v) is 23.4. The van der Waals surface area contributed by atoms with Gasteiger partial charge < -0.3 is 9.47 Å². The Labute approximate surface area is 206 Å². The van der Waals surface area contributed by atoms with Crippen LogP contribution in [0.25, 0.3) is 0 Å². The Balaban J connectivity index is 1.45. The molecule has 4 aliphatic carbocycles. The SMILES string of the molecule is CC[C@]1(OC)CC[C@@]2(C)[C@@H](CC[C@@H]3[C@@H]2CC[C@]2(C)[C@@H]([C@H](C)CC[C@@H](OC)C(C)C)CC[C@@H]32)C1. The van der Waals surface area contributed by atoms with Crippen molar-refractivity contribution in [3.05, 3.63) is 0 Å². The summed E-state index contributed by atoms with van der Waals surface area (Å²) in [5.74, 6) is 6.20. The predicted octanol–water partition coefficient (Wildman–Crippen LogP) is 8.53. The van der Waals surface area contributed by atoms with Gasteiger partial charge in [0.15, 0.2) is 0 Å². The van der Waals surface area contributed by atoms with Gasteiger partial charge in [-0.25, -0.2) is 0 Å². The molecule has 192 valence electrons. The third-order valence-electron chi connectivity index (χ3n) is 12.6. The molecule has 0 radical (unpaired) electrons. The van der Waals surface area contributed by atoms with Crippen molar-refractivity contribution in [3.63, 3.8) is 0 Å². The van der Waals surface area contributed by atoms with Crippen molar-refractivity contribution < 1.29 is 9.47 Å². The van der Waals surface area contributed by atoms with Crippen LogP contribution >= 0.6 is 0 Å². The van der Waals surface area contributed by atoms with E-state index >= 15 is 0 Å². The third-order valence-corrected chi connectivity index (χ3v) is 12.6. The highest BCUT2D eigenvalue weighted by molar-refractivity contribution is 5.11. The Morgan fingerprint density at radius 2 is 1.55 bits per heavy atom. The maximum Gasteiger partial charge on any atom is 0.0679 e. The molecule has 10 atom stereocenters. The molecular weight excluding hydrogens is 404 g/mol. The van der Waals surface area contributed by atoms with Crippen LogP contribution in [0.15, 0.2) is 0 Å². The molecule has 33 heavy (non-hydrogen) atoms. The van der Waals surface area contributed by atoms with Crippen molar-refractivity contribution in [1.29, 1.82) is 0 Å². The lowest BCUT2D eigenvalue weighted by molar-refractivity contribution is -0.161. The molecule has 2 nitrogen and oxygen atoms in total. The summed E-state index contributed by atoms with van der Waals surface area (Å²) in [7, 11) is 3.88. The van der Waals surface area contributed by atoms with Crippen LogP contribution in [0.1, 0.15) is 119 Å². The Morgan fingerprint density at radius 3 is 2.18 bits per heavy atom. The topological polar surface area (TPSA) is 18.5 Å². The average molecular weight is 461 g/mol. The maximum atomic E-state index is 6.14. The van der Waals surface area contributed by atoms with E-state index in [9.17, 15) is 0 Å². The second-order valence-corrected chi connectivity index (χ2v) is 13.9. The van der Waals surface area contributed by atoms with E-state index in [1.165, 1.54) is 77.0 Å². The smallest absolute Gasteiger partial charge is 0.0679 e. The molecule has 0 aromatic heterocycles. The lowest BCUT2D eigenvalue weighted by Gasteiger charge is -2.62. The predicted molar refractivity (Wildman–Crippen MR) is 139 cm³/mol. The minimum Gasteiger partial charge on any atom is -0.381 e. The lowest BCUT2D eigenvalue weighted by atomic mass is 9.43. The van der Waals surface area contributed by atoms with Crippen molar-refractivity contribution in [2.75, 3.05) is 14.2 Å². The summed E-state index contributed by atoms with van der Waals surface area (Å²) in [6, 6.07) is 0. The Bertz CT molecular complexity index is 653. The van der Waals surface area contributed by atoms with Gasteiger partial charge in [-0.3, -0.25) is 0 Å². The van der Waals surface area contributed by atoms with Gasteiger partial charge in [-0.15, -0.1) is 0 Å². The molecule has 4 rings (SSSR count). The molecule has 0 aromatic rings. The molecule has 0 aromatic carbocycles. The van der Waals surface area contributed by atoms with E-state index in [4.69, 9.17) is 9.47 Å². The fraction of sp³-hybridized carbons (Fsp3) is 1.00. The van der Waals surface area contributed by atoms with E-state index in [0.717, 1.165) is 35.5 Å². The Hall–Kier alpha value is -0.0800.